The third-order valence-corrected chi connectivity index (χ3v) is 2.72. The Kier molecular flexibility index (Phi) is 5.60. The molecule has 1 atom stereocenters. The normalized spacial score (nSPS) is 14.3. The maximum atomic E-state index is 11.8. The SMILES string of the molecule is C=C(C)[C@@](C)(CC(=O)N(C)C)NC(=O)OC(C)(C)C. The van der Waals surface area contributed by atoms with Crippen molar-refractivity contribution in [1.29, 1.82) is 0 Å². The molecule has 0 fully saturated rings. The standard InChI is InChI=1S/C14H26N2O3/c1-10(2)14(6,9-11(17)16(7)8)15-12(18)19-13(3,4)5/h1,9H2,2-8H3,(H,15,18)/t14-/m1/s1. The van der Waals surface area contributed by atoms with Gasteiger partial charge < -0.3 is 15.0 Å². The Labute approximate surface area is 116 Å². The van der Waals surface area contributed by atoms with Crippen molar-refractivity contribution in [3.8, 4) is 0 Å². The number of rotatable bonds is 4. The highest BCUT2D eigenvalue weighted by Crippen LogP contribution is 2.21. The Morgan fingerprint density at radius 1 is 1.21 bits per heavy atom. The van der Waals surface area contributed by atoms with E-state index < -0.39 is 17.2 Å². The molecule has 2 amide bonds. The maximum absolute atomic E-state index is 11.8. The Hall–Kier alpha value is -1.52. The van der Waals surface area contributed by atoms with Gasteiger partial charge in [0.1, 0.15) is 5.60 Å². The minimum Gasteiger partial charge on any atom is -0.444 e. The van der Waals surface area contributed by atoms with Crippen LogP contribution in [0.1, 0.15) is 41.0 Å². The lowest BCUT2D eigenvalue weighted by molar-refractivity contribution is -0.129. The highest BCUT2D eigenvalue weighted by Gasteiger charge is 2.32. The van der Waals surface area contributed by atoms with Crippen molar-refractivity contribution in [2.45, 2.75) is 52.2 Å². The van der Waals surface area contributed by atoms with Crippen LogP contribution in [0.15, 0.2) is 12.2 Å². The van der Waals surface area contributed by atoms with Gasteiger partial charge in [0, 0.05) is 14.1 Å². The third kappa shape index (κ3) is 6.27. The van der Waals surface area contributed by atoms with Crippen LogP contribution >= 0.6 is 0 Å². The van der Waals surface area contributed by atoms with Gasteiger partial charge in [-0.2, -0.15) is 0 Å². The highest BCUT2D eigenvalue weighted by molar-refractivity contribution is 5.79. The number of ether oxygens (including phenoxy) is 1. The first-order valence-corrected chi connectivity index (χ1v) is 6.25. The Morgan fingerprint density at radius 2 is 1.68 bits per heavy atom. The van der Waals surface area contributed by atoms with Crippen LogP contribution in [0.2, 0.25) is 0 Å². The fraction of sp³-hybridized carbons (Fsp3) is 0.714. The van der Waals surface area contributed by atoms with Crippen LogP contribution in [0.25, 0.3) is 0 Å². The predicted octanol–water partition coefficient (Wildman–Crippen LogP) is 2.32. The first-order chi connectivity index (χ1) is 8.37. The van der Waals surface area contributed by atoms with Crippen molar-refractivity contribution in [1.82, 2.24) is 10.2 Å². The quantitative estimate of drug-likeness (QED) is 0.798. The van der Waals surface area contributed by atoms with Crippen molar-refractivity contribution in [3.63, 3.8) is 0 Å². The van der Waals surface area contributed by atoms with Crippen LogP contribution in [0.3, 0.4) is 0 Å². The summed E-state index contributed by atoms with van der Waals surface area (Å²) in [4.78, 5) is 25.1. The van der Waals surface area contributed by atoms with Crippen molar-refractivity contribution in [3.05, 3.63) is 12.2 Å². The molecule has 0 radical (unpaired) electrons. The van der Waals surface area contributed by atoms with Gasteiger partial charge in [0.25, 0.3) is 0 Å². The number of alkyl carbamates (subject to hydrolysis) is 1. The van der Waals surface area contributed by atoms with Crippen LogP contribution in [0.4, 0.5) is 4.79 Å². The summed E-state index contributed by atoms with van der Waals surface area (Å²) in [5.74, 6) is -0.0819. The molecular weight excluding hydrogens is 244 g/mol. The number of nitrogens with zero attached hydrogens (tertiary/aromatic N) is 1. The van der Waals surface area contributed by atoms with Crippen LogP contribution in [0, 0.1) is 0 Å². The van der Waals surface area contributed by atoms with E-state index in [4.69, 9.17) is 4.74 Å². The number of carbonyl (C=O) groups is 2. The summed E-state index contributed by atoms with van der Waals surface area (Å²) in [7, 11) is 3.35. The average molecular weight is 270 g/mol. The monoisotopic (exact) mass is 270 g/mol. The lowest BCUT2D eigenvalue weighted by Gasteiger charge is -2.33. The van der Waals surface area contributed by atoms with E-state index in [1.165, 1.54) is 4.90 Å². The van der Waals surface area contributed by atoms with Gasteiger partial charge in [-0.05, 0) is 34.6 Å². The Balaban J connectivity index is 4.87. The summed E-state index contributed by atoms with van der Waals surface area (Å²) in [6.07, 6.45) is -0.404. The number of nitrogens with one attached hydrogen (secondary N) is 1. The average Bonchev–Trinajstić information content (AvgIpc) is 2.12. The number of amides is 2. The molecule has 0 aliphatic rings. The first-order valence-electron chi connectivity index (χ1n) is 6.25. The second-order valence-corrected chi connectivity index (χ2v) is 6.20. The van der Waals surface area contributed by atoms with Crippen molar-refractivity contribution < 1.29 is 14.3 Å². The summed E-state index contributed by atoms with van der Waals surface area (Å²) in [5.41, 5.74) is -0.691. The smallest absolute Gasteiger partial charge is 0.408 e. The molecule has 110 valence electrons. The highest BCUT2D eigenvalue weighted by atomic mass is 16.6. The van der Waals surface area contributed by atoms with Crippen LogP contribution < -0.4 is 5.32 Å². The summed E-state index contributed by atoms with van der Waals surface area (Å²) in [6.45, 7) is 12.8. The lowest BCUT2D eigenvalue weighted by atomic mass is 9.90. The molecule has 0 aromatic heterocycles. The second kappa shape index (κ2) is 6.08. The molecule has 0 saturated carbocycles. The number of carbonyl (C=O) groups excluding carboxylic acids is 2. The van der Waals surface area contributed by atoms with E-state index >= 15 is 0 Å². The van der Waals surface area contributed by atoms with Crippen molar-refractivity contribution >= 4 is 12.0 Å². The van der Waals surface area contributed by atoms with Gasteiger partial charge in [0.2, 0.25) is 5.91 Å². The minimum atomic E-state index is -0.816. The van der Waals surface area contributed by atoms with Crippen LogP contribution in [-0.2, 0) is 9.53 Å². The van der Waals surface area contributed by atoms with E-state index in [-0.39, 0.29) is 12.3 Å². The molecule has 0 spiro atoms. The summed E-state index contributed by atoms with van der Waals surface area (Å²) >= 11 is 0. The van der Waals surface area contributed by atoms with E-state index in [1.54, 1.807) is 48.7 Å². The van der Waals surface area contributed by atoms with Gasteiger partial charge in [0.05, 0.1) is 12.0 Å². The number of hydrogen-bond acceptors (Lipinski definition) is 3. The molecule has 0 aromatic rings. The van der Waals surface area contributed by atoms with Crippen LogP contribution in [-0.4, -0.2) is 42.1 Å². The summed E-state index contributed by atoms with van der Waals surface area (Å²) in [5, 5.41) is 2.73. The topological polar surface area (TPSA) is 58.6 Å². The van der Waals surface area contributed by atoms with Gasteiger partial charge in [0.15, 0.2) is 0 Å². The molecule has 0 aromatic carbocycles. The fourth-order valence-electron chi connectivity index (χ4n) is 1.29. The van der Waals surface area contributed by atoms with Gasteiger partial charge in [-0.3, -0.25) is 4.79 Å². The van der Waals surface area contributed by atoms with Crippen LogP contribution in [0.5, 0.6) is 0 Å². The molecule has 0 bridgehead atoms. The van der Waals surface area contributed by atoms with E-state index in [0.717, 1.165) is 0 Å². The molecule has 0 heterocycles. The third-order valence-electron chi connectivity index (χ3n) is 2.72. The molecule has 5 nitrogen and oxygen atoms in total. The van der Waals surface area contributed by atoms with Gasteiger partial charge in [-0.1, -0.05) is 12.2 Å². The molecule has 0 rings (SSSR count). The van der Waals surface area contributed by atoms with E-state index in [0.29, 0.717) is 5.57 Å². The van der Waals surface area contributed by atoms with E-state index in [9.17, 15) is 9.59 Å². The zero-order valence-corrected chi connectivity index (χ0v) is 13.1. The second-order valence-electron chi connectivity index (χ2n) is 6.20. The summed E-state index contributed by atoms with van der Waals surface area (Å²) in [6, 6.07) is 0. The molecule has 5 heteroatoms. The van der Waals surface area contributed by atoms with E-state index in [1.807, 2.05) is 0 Å². The predicted molar refractivity (Wildman–Crippen MR) is 75.9 cm³/mol. The van der Waals surface area contributed by atoms with Gasteiger partial charge >= 0.3 is 6.09 Å². The van der Waals surface area contributed by atoms with Gasteiger partial charge in [-0.15, -0.1) is 0 Å². The molecule has 0 saturated heterocycles. The van der Waals surface area contributed by atoms with E-state index in [2.05, 4.69) is 11.9 Å². The van der Waals surface area contributed by atoms with Gasteiger partial charge in [-0.25, -0.2) is 4.79 Å². The summed E-state index contributed by atoms with van der Waals surface area (Å²) < 4.78 is 5.21. The zero-order valence-electron chi connectivity index (χ0n) is 13.1. The maximum Gasteiger partial charge on any atom is 0.408 e. The largest absolute Gasteiger partial charge is 0.444 e. The van der Waals surface area contributed by atoms with Crippen molar-refractivity contribution in [2.24, 2.45) is 0 Å². The zero-order chi connectivity index (χ0) is 15.4. The molecule has 1 N–H and O–H groups in total. The molecule has 0 aliphatic carbocycles. The molecule has 0 unspecified atom stereocenters. The molecule has 19 heavy (non-hydrogen) atoms. The Morgan fingerprint density at radius 3 is 2.00 bits per heavy atom. The molecular formula is C14H26N2O3. The lowest BCUT2D eigenvalue weighted by Crippen LogP contribution is -2.51. The first kappa shape index (κ1) is 17.5. The van der Waals surface area contributed by atoms with Crippen molar-refractivity contribution in [2.75, 3.05) is 14.1 Å². The number of hydrogen-bond donors (Lipinski definition) is 1. The molecule has 0 aliphatic heterocycles. The fourth-order valence-corrected chi connectivity index (χ4v) is 1.29. The Bertz CT molecular complexity index is 369. The minimum absolute atomic E-state index is 0.0819.